The number of nitrogens with zero attached hydrogens (tertiary/aromatic N) is 2. The Morgan fingerprint density at radius 3 is 2.67 bits per heavy atom. The molecule has 1 saturated heterocycles. The molecule has 1 aliphatic heterocycles. The van der Waals surface area contributed by atoms with Crippen molar-refractivity contribution in [3.05, 3.63) is 22.8 Å². The van der Waals surface area contributed by atoms with Gasteiger partial charge in [0.05, 0.1) is 10.7 Å². The zero-order valence-corrected chi connectivity index (χ0v) is 12.0. The summed E-state index contributed by atoms with van der Waals surface area (Å²) in [5.74, 6) is 2.21. The maximum Gasteiger partial charge on any atom is 0.123 e. The van der Waals surface area contributed by atoms with Crippen LogP contribution in [0, 0.1) is 11.8 Å². The first-order chi connectivity index (χ1) is 8.56. The van der Waals surface area contributed by atoms with Crippen molar-refractivity contribution in [1.82, 2.24) is 9.88 Å². The van der Waals surface area contributed by atoms with E-state index in [-0.39, 0.29) is 0 Å². The Bertz CT molecular complexity index is 398. The normalized spacial score (nSPS) is 18.4. The second-order valence-electron chi connectivity index (χ2n) is 5.52. The SMILES string of the molecule is CC(C)C1CCN(Cc2nc(N)ccc2Cl)CC1. The molecule has 0 atom stereocenters. The van der Waals surface area contributed by atoms with E-state index in [1.54, 1.807) is 6.07 Å². The van der Waals surface area contributed by atoms with Gasteiger partial charge in [-0.3, -0.25) is 4.90 Å². The molecule has 0 bridgehead atoms. The summed E-state index contributed by atoms with van der Waals surface area (Å²) >= 11 is 6.15. The zero-order chi connectivity index (χ0) is 13.1. The largest absolute Gasteiger partial charge is 0.384 e. The first-order valence-corrected chi connectivity index (χ1v) is 7.07. The lowest BCUT2D eigenvalue weighted by Gasteiger charge is -2.33. The summed E-state index contributed by atoms with van der Waals surface area (Å²) in [6, 6.07) is 3.58. The van der Waals surface area contributed by atoms with E-state index >= 15 is 0 Å². The van der Waals surface area contributed by atoms with E-state index in [0.29, 0.717) is 5.82 Å². The van der Waals surface area contributed by atoms with Gasteiger partial charge >= 0.3 is 0 Å². The third-order valence-electron chi connectivity index (χ3n) is 3.89. The Balaban J connectivity index is 1.93. The van der Waals surface area contributed by atoms with Gasteiger partial charge in [-0.1, -0.05) is 25.4 Å². The summed E-state index contributed by atoms with van der Waals surface area (Å²) in [7, 11) is 0. The van der Waals surface area contributed by atoms with E-state index in [2.05, 4.69) is 23.7 Å². The number of aromatic nitrogens is 1. The fourth-order valence-corrected chi connectivity index (χ4v) is 2.77. The second kappa shape index (κ2) is 5.89. The average molecular weight is 268 g/mol. The van der Waals surface area contributed by atoms with Crippen LogP contribution in [0.25, 0.3) is 0 Å². The zero-order valence-electron chi connectivity index (χ0n) is 11.2. The third-order valence-corrected chi connectivity index (χ3v) is 4.23. The first kappa shape index (κ1) is 13.6. The van der Waals surface area contributed by atoms with Crippen molar-refractivity contribution >= 4 is 17.4 Å². The Morgan fingerprint density at radius 2 is 2.06 bits per heavy atom. The highest BCUT2D eigenvalue weighted by atomic mass is 35.5. The van der Waals surface area contributed by atoms with E-state index in [9.17, 15) is 0 Å². The van der Waals surface area contributed by atoms with Crippen LogP contribution < -0.4 is 5.73 Å². The van der Waals surface area contributed by atoms with Crippen LogP contribution in [0.2, 0.25) is 5.02 Å². The number of nitrogen functional groups attached to an aromatic ring is 1. The maximum atomic E-state index is 6.15. The molecule has 1 aliphatic rings. The van der Waals surface area contributed by atoms with Crippen LogP contribution in [0.5, 0.6) is 0 Å². The standard InChI is InChI=1S/C14H22ClN3/c1-10(2)11-5-7-18(8-6-11)9-13-12(15)3-4-14(16)17-13/h3-4,10-11H,5-9H2,1-2H3,(H2,16,17). The molecule has 2 heterocycles. The molecule has 3 nitrogen and oxygen atoms in total. The molecule has 0 aliphatic carbocycles. The number of halogens is 1. The minimum Gasteiger partial charge on any atom is -0.384 e. The van der Waals surface area contributed by atoms with Crippen LogP contribution in [0.4, 0.5) is 5.82 Å². The van der Waals surface area contributed by atoms with Gasteiger partial charge in [0.25, 0.3) is 0 Å². The fraction of sp³-hybridized carbons (Fsp3) is 0.643. The lowest BCUT2D eigenvalue weighted by atomic mass is 9.87. The monoisotopic (exact) mass is 267 g/mol. The molecule has 2 N–H and O–H groups in total. The molecule has 18 heavy (non-hydrogen) atoms. The van der Waals surface area contributed by atoms with Crippen molar-refractivity contribution in [2.75, 3.05) is 18.8 Å². The Labute approximate surface area is 114 Å². The predicted octanol–water partition coefficient (Wildman–Crippen LogP) is 3.19. The molecule has 2 rings (SSSR count). The van der Waals surface area contributed by atoms with Crippen molar-refractivity contribution in [3.63, 3.8) is 0 Å². The van der Waals surface area contributed by atoms with E-state index in [1.165, 1.54) is 12.8 Å². The van der Waals surface area contributed by atoms with Gasteiger partial charge in [-0.05, 0) is 49.9 Å². The average Bonchev–Trinajstić information content (AvgIpc) is 2.34. The number of hydrogen-bond acceptors (Lipinski definition) is 3. The molecule has 100 valence electrons. The minimum atomic E-state index is 0.548. The summed E-state index contributed by atoms with van der Waals surface area (Å²) in [4.78, 5) is 6.75. The fourth-order valence-electron chi connectivity index (χ4n) is 2.60. The highest BCUT2D eigenvalue weighted by Gasteiger charge is 2.22. The summed E-state index contributed by atoms with van der Waals surface area (Å²) in [6.45, 7) is 7.72. The number of pyridine rings is 1. The van der Waals surface area contributed by atoms with Gasteiger partial charge in [0, 0.05) is 6.54 Å². The molecule has 1 aromatic heterocycles. The van der Waals surface area contributed by atoms with E-state index in [4.69, 9.17) is 17.3 Å². The molecule has 0 saturated carbocycles. The molecule has 0 radical (unpaired) electrons. The molecule has 0 aromatic carbocycles. The molecule has 4 heteroatoms. The smallest absolute Gasteiger partial charge is 0.123 e. The Hall–Kier alpha value is -0.800. The summed E-state index contributed by atoms with van der Waals surface area (Å²) in [5, 5.41) is 0.718. The first-order valence-electron chi connectivity index (χ1n) is 6.69. The molecule has 0 unspecified atom stereocenters. The third kappa shape index (κ3) is 3.36. The van der Waals surface area contributed by atoms with Crippen LogP contribution >= 0.6 is 11.6 Å². The number of nitrogens with two attached hydrogens (primary N) is 1. The van der Waals surface area contributed by atoms with Crippen molar-refractivity contribution in [2.24, 2.45) is 11.8 Å². The molecular formula is C14H22ClN3. The van der Waals surface area contributed by atoms with E-state index in [1.807, 2.05) is 6.07 Å². The molecule has 1 aromatic rings. The Morgan fingerprint density at radius 1 is 1.39 bits per heavy atom. The van der Waals surface area contributed by atoms with Crippen LogP contribution in [0.1, 0.15) is 32.4 Å². The highest BCUT2D eigenvalue weighted by Crippen LogP contribution is 2.26. The van der Waals surface area contributed by atoms with Gasteiger partial charge in [0.1, 0.15) is 5.82 Å². The quantitative estimate of drug-likeness (QED) is 0.915. The van der Waals surface area contributed by atoms with Crippen LogP contribution in [-0.4, -0.2) is 23.0 Å². The molecule has 0 spiro atoms. The molecule has 1 fully saturated rings. The second-order valence-corrected chi connectivity index (χ2v) is 5.93. The van der Waals surface area contributed by atoms with Gasteiger partial charge in [0.15, 0.2) is 0 Å². The summed E-state index contributed by atoms with van der Waals surface area (Å²) in [6.07, 6.45) is 2.55. The van der Waals surface area contributed by atoms with Crippen molar-refractivity contribution in [2.45, 2.75) is 33.2 Å². The maximum absolute atomic E-state index is 6.15. The topological polar surface area (TPSA) is 42.2 Å². The predicted molar refractivity (Wildman–Crippen MR) is 76.5 cm³/mol. The number of rotatable bonds is 3. The van der Waals surface area contributed by atoms with E-state index < -0.39 is 0 Å². The van der Waals surface area contributed by atoms with Crippen LogP contribution in [-0.2, 0) is 6.54 Å². The number of piperidine rings is 1. The van der Waals surface area contributed by atoms with Gasteiger partial charge < -0.3 is 5.73 Å². The minimum absolute atomic E-state index is 0.548. The van der Waals surface area contributed by atoms with E-state index in [0.717, 1.165) is 42.2 Å². The van der Waals surface area contributed by atoms with Gasteiger partial charge in [-0.15, -0.1) is 0 Å². The van der Waals surface area contributed by atoms with Crippen LogP contribution in [0.3, 0.4) is 0 Å². The number of hydrogen-bond donors (Lipinski definition) is 1. The molecular weight excluding hydrogens is 246 g/mol. The van der Waals surface area contributed by atoms with Gasteiger partial charge in [-0.2, -0.15) is 0 Å². The molecule has 0 amide bonds. The Kier molecular flexibility index (Phi) is 4.46. The van der Waals surface area contributed by atoms with Crippen molar-refractivity contribution in [1.29, 1.82) is 0 Å². The van der Waals surface area contributed by atoms with Crippen molar-refractivity contribution in [3.8, 4) is 0 Å². The lowest BCUT2D eigenvalue weighted by molar-refractivity contribution is 0.150. The van der Waals surface area contributed by atoms with Crippen LogP contribution in [0.15, 0.2) is 12.1 Å². The highest BCUT2D eigenvalue weighted by molar-refractivity contribution is 6.31. The van der Waals surface area contributed by atoms with Gasteiger partial charge in [0.2, 0.25) is 0 Å². The number of likely N-dealkylation sites (tertiary alicyclic amines) is 1. The van der Waals surface area contributed by atoms with Gasteiger partial charge in [-0.25, -0.2) is 4.98 Å². The summed E-state index contributed by atoms with van der Waals surface area (Å²) < 4.78 is 0. The number of anilines is 1. The van der Waals surface area contributed by atoms with Crippen molar-refractivity contribution < 1.29 is 0 Å². The lowest BCUT2D eigenvalue weighted by Crippen LogP contribution is -2.35. The summed E-state index contributed by atoms with van der Waals surface area (Å²) in [5.41, 5.74) is 6.61.